The van der Waals surface area contributed by atoms with Gasteiger partial charge >= 0.3 is 0 Å². The van der Waals surface area contributed by atoms with Crippen LogP contribution >= 0.6 is 11.6 Å². The van der Waals surface area contributed by atoms with Crippen LogP contribution < -0.4 is 5.32 Å². The average Bonchev–Trinajstić information content (AvgIpc) is 2.63. The van der Waals surface area contributed by atoms with Crippen LogP contribution in [0.2, 0.25) is 5.02 Å². The lowest BCUT2D eigenvalue weighted by molar-refractivity contribution is -0.115. The number of anilines is 1. The van der Waals surface area contributed by atoms with E-state index in [9.17, 15) is 9.18 Å². The number of nitrogens with zero attached hydrogens (tertiary/aromatic N) is 2. The number of rotatable bonds is 3. The van der Waals surface area contributed by atoms with E-state index in [-0.39, 0.29) is 22.9 Å². The summed E-state index contributed by atoms with van der Waals surface area (Å²) >= 11 is 5.88. The van der Waals surface area contributed by atoms with E-state index in [2.05, 4.69) is 10.4 Å². The number of carbonyl (C=O) groups excluding carboxylic acids is 1. The van der Waals surface area contributed by atoms with Gasteiger partial charge in [-0.1, -0.05) is 17.7 Å². The van der Waals surface area contributed by atoms with Crippen LogP contribution in [0.3, 0.4) is 0 Å². The number of hydrogen-bond donors (Lipinski definition) is 1. The predicted molar refractivity (Wildman–Crippen MR) is 71.7 cm³/mol. The van der Waals surface area contributed by atoms with Gasteiger partial charge in [0, 0.05) is 23.8 Å². The summed E-state index contributed by atoms with van der Waals surface area (Å²) < 4.78 is 15.2. The molecule has 0 aliphatic carbocycles. The Kier molecular flexibility index (Phi) is 3.85. The van der Waals surface area contributed by atoms with E-state index in [1.807, 2.05) is 0 Å². The normalized spacial score (nSPS) is 10.5. The number of hydrogen-bond acceptors (Lipinski definition) is 2. The van der Waals surface area contributed by atoms with Crippen molar-refractivity contribution in [2.45, 2.75) is 13.3 Å². The Labute approximate surface area is 115 Å². The van der Waals surface area contributed by atoms with Crippen LogP contribution in [0.5, 0.6) is 0 Å². The van der Waals surface area contributed by atoms with Crippen molar-refractivity contribution in [3.63, 3.8) is 0 Å². The summed E-state index contributed by atoms with van der Waals surface area (Å²) in [6.45, 7) is 1.78. The van der Waals surface area contributed by atoms with Crippen molar-refractivity contribution in [1.82, 2.24) is 9.78 Å². The highest BCUT2D eigenvalue weighted by atomic mass is 35.5. The first kappa shape index (κ1) is 13.5. The van der Waals surface area contributed by atoms with E-state index in [0.717, 1.165) is 0 Å². The molecule has 1 N–H and O–H groups in total. The third-order valence-corrected chi connectivity index (χ3v) is 3.04. The quantitative estimate of drug-likeness (QED) is 0.940. The number of nitrogens with one attached hydrogen (secondary N) is 1. The van der Waals surface area contributed by atoms with Crippen LogP contribution in [0.15, 0.2) is 24.4 Å². The molecule has 0 radical (unpaired) electrons. The first-order valence-corrected chi connectivity index (χ1v) is 6.08. The van der Waals surface area contributed by atoms with Gasteiger partial charge in [0.25, 0.3) is 0 Å². The molecule has 1 aromatic heterocycles. The first-order valence-electron chi connectivity index (χ1n) is 5.70. The van der Waals surface area contributed by atoms with Gasteiger partial charge in [0.2, 0.25) is 5.91 Å². The van der Waals surface area contributed by atoms with Gasteiger partial charge in [0.15, 0.2) is 0 Å². The number of benzene rings is 1. The lowest BCUT2D eigenvalue weighted by Gasteiger charge is -2.06. The maximum Gasteiger partial charge on any atom is 0.229 e. The zero-order valence-electron chi connectivity index (χ0n) is 10.6. The van der Waals surface area contributed by atoms with Crippen molar-refractivity contribution in [1.29, 1.82) is 0 Å². The highest BCUT2D eigenvalue weighted by molar-refractivity contribution is 6.31. The molecule has 0 fully saturated rings. The smallest absolute Gasteiger partial charge is 0.229 e. The Morgan fingerprint density at radius 2 is 2.26 bits per heavy atom. The fraction of sp³-hybridized carbons (Fsp3) is 0.231. The van der Waals surface area contributed by atoms with E-state index in [4.69, 9.17) is 11.6 Å². The summed E-state index contributed by atoms with van der Waals surface area (Å²) in [5.41, 5.74) is 1.51. The molecule has 0 aliphatic heterocycles. The van der Waals surface area contributed by atoms with E-state index < -0.39 is 5.82 Å². The Morgan fingerprint density at radius 1 is 1.53 bits per heavy atom. The summed E-state index contributed by atoms with van der Waals surface area (Å²) in [4.78, 5) is 11.9. The molecule has 4 nitrogen and oxygen atoms in total. The van der Waals surface area contributed by atoms with Crippen LogP contribution in [-0.4, -0.2) is 15.7 Å². The lowest BCUT2D eigenvalue weighted by atomic mass is 10.1. The molecule has 1 amide bonds. The molecule has 1 aromatic carbocycles. The molecule has 0 atom stereocenters. The van der Waals surface area contributed by atoms with Gasteiger partial charge < -0.3 is 5.32 Å². The molecule has 2 rings (SSSR count). The molecule has 0 saturated heterocycles. The van der Waals surface area contributed by atoms with Crippen LogP contribution in [0.1, 0.15) is 11.3 Å². The largest absolute Gasteiger partial charge is 0.323 e. The average molecular weight is 282 g/mol. The van der Waals surface area contributed by atoms with Crippen molar-refractivity contribution in [3.05, 3.63) is 46.5 Å². The minimum Gasteiger partial charge on any atom is -0.323 e. The molecule has 100 valence electrons. The van der Waals surface area contributed by atoms with Gasteiger partial charge in [-0.15, -0.1) is 0 Å². The molecular weight excluding hydrogens is 269 g/mol. The second kappa shape index (κ2) is 5.40. The number of halogens is 2. The number of carbonyl (C=O) groups is 1. The Bertz CT molecular complexity index is 604. The summed E-state index contributed by atoms with van der Waals surface area (Å²) in [5, 5.41) is 7.04. The number of amides is 1. The third kappa shape index (κ3) is 3.12. The third-order valence-electron chi connectivity index (χ3n) is 2.69. The van der Waals surface area contributed by atoms with E-state index in [1.54, 1.807) is 30.9 Å². The fourth-order valence-corrected chi connectivity index (χ4v) is 2.01. The minimum atomic E-state index is -0.481. The van der Waals surface area contributed by atoms with Crippen molar-refractivity contribution in [3.8, 4) is 0 Å². The van der Waals surface area contributed by atoms with E-state index in [1.165, 1.54) is 12.1 Å². The predicted octanol–water partition coefficient (Wildman–Crippen LogP) is 2.70. The van der Waals surface area contributed by atoms with Gasteiger partial charge in [-0.3, -0.25) is 9.48 Å². The molecule has 2 aromatic rings. The molecule has 1 heterocycles. The number of aryl methyl sites for hydroxylation is 2. The standard InChI is InChI=1S/C13H13ClFN3O/c1-8-12(7-18(2)17-8)16-13(19)6-9-10(14)4-3-5-11(9)15/h3-5,7H,6H2,1-2H3,(H,16,19). The lowest BCUT2D eigenvalue weighted by Crippen LogP contribution is -2.15. The fourth-order valence-electron chi connectivity index (χ4n) is 1.78. The summed E-state index contributed by atoms with van der Waals surface area (Å²) in [6, 6.07) is 4.34. The second-order valence-corrected chi connectivity index (χ2v) is 4.63. The van der Waals surface area contributed by atoms with Crippen molar-refractivity contribution in [2.24, 2.45) is 7.05 Å². The minimum absolute atomic E-state index is 0.111. The maximum atomic E-state index is 13.6. The van der Waals surface area contributed by atoms with Crippen molar-refractivity contribution < 1.29 is 9.18 Å². The molecule has 0 aliphatic rings. The summed E-state index contributed by atoms with van der Waals surface area (Å²) in [6.07, 6.45) is 1.58. The maximum absolute atomic E-state index is 13.6. The molecule has 6 heteroatoms. The van der Waals surface area contributed by atoms with Gasteiger partial charge in [-0.05, 0) is 19.1 Å². The van der Waals surface area contributed by atoms with E-state index >= 15 is 0 Å². The van der Waals surface area contributed by atoms with Crippen LogP contribution in [0.4, 0.5) is 10.1 Å². The molecule has 0 saturated carbocycles. The van der Waals surface area contributed by atoms with Crippen molar-refractivity contribution >= 4 is 23.2 Å². The van der Waals surface area contributed by atoms with Gasteiger partial charge in [-0.2, -0.15) is 5.10 Å². The topological polar surface area (TPSA) is 46.9 Å². The zero-order chi connectivity index (χ0) is 14.0. The van der Waals surface area contributed by atoms with Gasteiger partial charge in [0.1, 0.15) is 5.82 Å². The van der Waals surface area contributed by atoms with Crippen molar-refractivity contribution in [2.75, 3.05) is 5.32 Å². The monoisotopic (exact) mass is 281 g/mol. The Morgan fingerprint density at radius 3 is 2.84 bits per heavy atom. The highest BCUT2D eigenvalue weighted by Gasteiger charge is 2.13. The van der Waals surface area contributed by atoms with Gasteiger partial charge in [0.05, 0.1) is 17.8 Å². The summed E-state index contributed by atoms with van der Waals surface area (Å²) in [7, 11) is 1.76. The van der Waals surface area contributed by atoms with E-state index in [0.29, 0.717) is 11.4 Å². The molecular formula is C13H13ClFN3O. The second-order valence-electron chi connectivity index (χ2n) is 4.23. The summed E-state index contributed by atoms with van der Waals surface area (Å²) in [5.74, 6) is -0.811. The van der Waals surface area contributed by atoms with Crippen LogP contribution in [0, 0.1) is 12.7 Å². The molecule has 0 spiro atoms. The molecule has 19 heavy (non-hydrogen) atoms. The first-order chi connectivity index (χ1) is 8.97. The Hall–Kier alpha value is -1.88. The molecule has 0 bridgehead atoms. The zero-order valence-corrected chi connectivity index (χ0v) is 11.3. The highest BCUT2D eigenvalue weighted by Crippen LogP contribution is 2.20. The molecule has 0 unspecified atom stereocenters. The van der Waals surface area contributed by atoms with Crippen LogP contribution in [-0.2, 0) is 18.3 Å². The SMILES string of the molecule is Cc1nn(C)cc1NC(=O)Cc1c(F)cccc1Cl. The number of aromatic nitrogens is 2. The Balaban J connectivity index is 2.12. The van der Waals surface area contributed by atoms with Crippen LogP contribution in [0.25, 0.3) is 0 Å². The van der Waals surface area contributed by atoms with Gasteiger partial charge in [-0.25, -0.2) is 4.39 Å².